The monoisotopic (exact) mass is 498 g/mol. The first-order valence-electron chi connectivity index (χ1n) is 11.5. The molecule has 1 aliphatic heterocycles. The quantitative estimate of drug-likeness (QED) is 0.526. The number of anilines is 2. The maximum absolute atomic E-state index is 11.9. The fourth-order valence-corrected chi connectivity index (χ4v) is 4.16. The van der Waals surface area contributed by atoms with E-state index in [4.69, 9.17) is 13.9 Å². The number of hydrogen-bond donors (Lipinski definition) is 1. The van der Waals surface area contributed by atoms with Gasteiger partial charge in [-0.25, -0.2) is 18.4 Å². The van der Waals surface area contributed by atoms with Gasteiger partial charge in [0, 0.05) is 41.9 Å². The molecule has 186 valence electrons. The molecule has 0 aliphatic carbocycles. The Balaban J connectivity index is 1.61. The minimum absolute atomic E-state index is 0.0172. The Morgan fingerprint density at radius 2 is 2.09 bits per heavy atom. The van der Waals surface area contributed by atoms with Gasteiger partial charge in [-0.15, -0.1) is 0 Å². The van der Waals surface area contributed by atoms with Gasteiger partial charge in [-0.1, -0.05) is 19.1 Å². The van der Waals surface area contributed by atoms with Crippen LogP contribution in [0.25, 0.3) is 11.5 Å². The average molecular weight is 499 g/mol. The Labute approximate surface area is 205 Å². The van der Waals surface area contributed by atoms with Crippen LogP contribution in [0.2, 0.25) is 0 Å². The lowest BCUT2D eigenvalue weighted by Crippen LogP contribution is -2.20. The molecule has 0 radical (unpaired) electrons. The highest BCUT2D eigenvalue weighted by Gasteiger charge is 2.13. The van der Waals surface area contributed by atoms with Crippen molar-refractivity contribution in [2.45, 2.75) is 20.1 Å². The van der Waals surface area contributed by atoms with Crippen LogP contribution in [0.3, 0.4) is 0 Å². The molecule has 1 aromatic carbocycles. The first-order valence-corrected chi connectivity index (χ1v) is 13.3. The summed E-state index contributed by atoms with van der Waals surface area (Å²) in [5.41, 5.74) is 3.31. The highest BCUT2D eigenvalue weighted by atomic mass is 32.2. The second-order valence-corrected chi connectivity index (χ2v) is 10.8. The van der Waals surface area contributed by atoms with Crippen molar-refractivity contribution in [1.29, 1.82) is 0 Å². The maximum Gasteiger partial charge on any atom is 0.227 e. The van der Waals surface area contributed by atoms with Crippen molar-refractivity contribution in [3.05, 3.63) is 66.1 Å². The second-order valence-electron chi connectivity index (χ2n) is 8.30. The molecule has 2 aromatic heterocycles. The molecule has 10 heteroatoms. The molecule has 4 rings (SSSR count). The number of ether oxygens (including phenoxy) is 2. The Morgan fingerprint density at radius 3 is 2.94 bits per heavy atom. The molecule has 6 bridgehead atoms. The van der Waals surface area contributed by atoms with E-state index in [-0.39, 0.29) is 18.1 Å². The summed E-state index contributed by atoms with van der Waals surface area (Å²) in [5, 5.41) is 3.25. The average Bonchev–Trinajstić information content (AvgIpc) is 3.31. The van der Waals surface area contributed by atoms with Crippen molar-refractivity contribution >= 4 is 21.5 Å². The molecule has 0 saturated heterocycles. The Kier molecular flexibility index (Phi) is 8.17. The van der Waals surface area contributed by atoms with Gasteiger partial charge in [0.15, 0.2) is 15.6 Å². The number of fused-ring (bicyclic) bond motifs is 7. The number of nitrogens with one attached hydrogen (secondary N) is 1. The van der Waals surface area contributed by atoms with E-state index in [9.17, 15) is 8.42 Å². The zero-order valence-corrected chi connectivity index (χ0v) is 20.8. The number of benzene rings is 1. The van der Waals surface area contributed by atoms with Crippen LogP contribution < -0.4 is 10.1 Å². The topological polar surface area (TPSA) is 107 Å². The number of aromatic nitrogens is 2. The van der Waals surface area contributed by atoms with Crippen molar-refractivity contribution < 1.29 is 22.3 Å². The minimum atomic E-state index is -3.10. The third-order valence-electron chi connectivity index (χ3n) is 5.48. The number of rotatable bonds is 5. The van der Waals surface area contributed by atoms with Gasteiger partial charge >= 0.3 is 0 Å². The van der Waals surface area contributed by atoms with Crippen LogP contribution in [0.15, 0.2) is 59.4 Å². The van der Waals surface area contributed by atoms with E-state index in [1.165, 1.54) is 0 Å². The van der Waals surface area contributed by atoms with E-state index in [1.807, 2.05) is 37.4 Å². The number of furan rings is 1. The van der Waals surface area contributed by atoms with E-state index in [2.05, 4.69) is 26.3 Å². The van der Waals surface area contributed by atoms with E-state index >= 15 is 0 Å². The third kappa shape index (κ3) is 7.14. The summed E-state index contributed by atoms with van der Waals surface area (Å²) in [7, 11) is -1.10. The number of sulfone groups is 1. The lowest BCUT2D eigenvalue weighted by atomic mass is 10.1. The van der Waals surface area contributed by atoms with Crippen molar-refractivity contribution in [2.75, 3.05) is 43.6 Å². The molecule has 3 heterocycles. The number of nitrogens with zero attached hydrogens (tertiary/aromatic N) is 3. The van der Waals surface area contributed by atoms with Gasteiger partial charge in [-0.3, -0.25) is 4.90 Å². The first-order chi connectivity index (χ1) is 16.9. The highest BCUT2D eigenvalue weighted by molar-refractivity contribution is 7.91. The molecule has 35 heavy (non-hydrogen) atoms. The largest absolute Gasteiger partial charge is 0.492 e. The molecule has 0 atom stereocenters. The van der Waals surface area contributed by atoms with Crippen LogP contribution in [0.1, 0.15) is 18.1 Å². The summed E-state index contributed by atoms with van der Waals surface area (Å²) in [6.07, 6.45) is 7.39. The zero-order valence-electron chi connectivity index (χ0n) is 19.9. The number of likely N-dealkylation sites (N-methyl/N-ethyl adjacent to an activating group) is 1. The standard InChI is InChI=1S/C25H30N4O5S/c1-3-35(30,31)13-12-33-23-7-6-21-15-20(23)16-29(2)10-4-5-11-32-17-19-14-24(34-18-19)22-8-9-26-25(27-21)28-22/h4-9,14-15,18H,3,10-13,16-17H2,1-2H3,(H,26,27,28)/b5-4+. The Bertz CT molecular complexity index is 1270. The molecule has 0 unspecified atom stereocenters. The van der Waals surface area contributed by atoms with Gasteiger partial charge in [-0.05, 0) is 37.4 Å². The molecule has 0 amide bonds. The summed E-state index contributed by atoms with van der Waals surface area (Å²) in [6.45, 7) is 3.99. The van der Waals surface area contributed by atoms with Crippen LogP contribution in [0.4, 0.5) is 11.6 Å². The summed E-state index contributed by atoms with van der Waals surface area (Å²) in [5.74, 6) is 1.80. The van der Waals surface area contributed by atoms with Crippen molar-refractivity contribution in [1.82, 2.24) is 14.9 Å². The smallest absolute Gasteiger partial charge is 0.227 e. The Hall–Kier alpha value is -3.21. The predicted octanol–water partition coefficient (Wildman–Crippen LogP) is 3.81. The van der Waals surface area contributed by atoms with Crippen LogP contribution >= 0.6 is 0 Å². The van der Waals surface area contributed by atoms with Crippen molar-refractivity contribution in [2.24, 2.45) is 0 Å². The van der Waals surface area contributed by atoms with Crippen molar-refractivity contribution in [3.8, 4) is 17.2 Å². The minimum Gasteiger partial charge on any atom is -0.492 e. The first kappa shape index (κ1) is 24.9. The molecular weight excluding hydrogens is 468 g/mol. The lowest BCUT2D eigenvalue weighted by molar-refractivity contribution is 0.148. The summed E-state index contributed by atoms with van der Waals surface area (Å²) in [6, 6.07) is 9.38. The predicted molar refractivity (Wildman–Crippen MR) is 134 cm³/mol. The van der Waals surface area contributed by atoms with E-state index in [0.717, 1.165) is 16.8 Å². The zero-order chi connectivity index (χ0) is 24.7. The SMILES string of the molecule is CCS(=O)(=O)CCOc1ccc2cc1CN(C)C/C=C/COCc1coc(c1)-c1ccnc(n1)N2. The van der Waals surface area contributed by atoms with E-state index in [1.54, 1.807) is 25.5 Å². The van der Waals surface area contributed by atoms with Crippen LogP contribution in [0.5, 0.6) is 5.75 Å². The normalized spacial score (nSPS) is 16.1. The molecule has 9 nitrogen and oxygen atoms in total. The summed E-state index contributed by atoms with van der Waals surface area (Å²) in [4.78, 5) is 11.0. The highest BCUT2D eigenvalue weighted by Crippen LogP contribution is 2.27. The molecule has 0 spiro atoms. The molecule has 1 aliphatic rings. The van der Waals surface area contributed by atoms with E-state index in [0.29, 0.717) is 49.5 Å². The molecule has 0 saturated carbocycles. The fraction of sp³-hybridized carbons (Fsp3) is 0.360. The van der Waals surface area contributed by atoms with Gasteiger partial charge in [0.1, 0.15) is 18.1 Å². The molecule has 1 N–H and O–H groups in total. The molecular formula is C25H30N4O5S. The fourth-order valence-electron chi connectivity index (χ4n) is 3.54. The van der Waals surface area contributed by atoms with Crippen LogP contribution in [-0.2, 0) is 27.7 Å². The van der Waals surface area contributed by atoms with Gasteiger partial charge in [-0.2, -0.15) is 0 Å². The van der Waals surface area contributed by atoms with Crippen LogP contribution in [-0.4, -0.2) is 61.6 Å². The second kappa shape index (κ2) is 11.5. The van der Waals surface area contributed by atoms with Gasteiger partial charge < -0.3 is 19.2 Å². The Morgan fingerprint density at radius 1 is 1.20 bits per heavy atom. The lowest BCUT2D eigenvalue weighted by Gasteiger charge is -2.19. The van der Waals surface area contributed by atoms with Gasteiger partial charge in [0.05, 0.1) is 25.2 Å². The number of hydrogen-bond acceptors (Lipinski definition) is 9. The summed E-state index contributed by atoms with van der Waals surface area (Å²) < 4.78 is 41.0. The van der Waals surface area contributed by atoms with Gasteiger partial charge in [0.2, 0.25) is 5.95 Å². The summed E-state index contributed by atoms with van der Waals surface area (Å²) >= 11 is 0. The van der Waals surface area contributed by atoms with Gasteiger partial charge in [0.25, 0.3) is 0 Å². The van der Waals surface area contributed by atoms with Crippen molar-refractivity contribution in [3.63, 3.8) is 0 Å². The van der Waals surface area contributed by atoms with Crippen LogP contribution in [0, 0.1) is 0 Å². The maximum atomic E-state index is 11.9. The molecule has 3 aromatic rings. The third-order valence-corrected chi connectivity index (χ3v) is 7.15. The molecule has 0 fully saturated rings. The van der Waals surface area contributed by atoms with E-state index < -0.39 is 9.84 Å².